The summed E-state index contributed by atoms with van der Waals surface area (Å²) in [5, 5.41) is 11.6. The van der Waals surface area contributed by atoms with Crippen molar-refractivity contribution in [2.45, 2.75) is 19.3 Å². The molecule has 1 rings (SSSR count). The molecule has 20 heavy (non-hydrogen) atoms. The fraction of sp³-hybridized carbons (Fsp3) is 0.467. The van der Waals surface area contributed by atoms with Gasteiger partial charge in [-0.3, -0.25) is 4.79 Å². The van der Waals surface area contributed by atoms with Gasteiger partial charge in [-0.2, -0.15) is 11.8 Å². The van der Waals surface area contributed by atoms with Crippen molar-refractivity contribution in [1.29, 1.82) is 0 Å². The van der Waals surface area contributed by atoms with E-state index >= 15 is 0 Å². The van der Waals surface area contributed by atoms with Crippen molar-refractivity contribution in [3.8, 4) is 11.8 Å². The number of amides is 1. The summed E-state index contributed by atoms with van der Waals surface area (Å²) < 4.78 is 0. The van der Waals surface area contributed by atoms with Crippen LogP contribution in [-0.2, 0) is 0 Å². The van der Waals surface area contributed by atoms with Gasteiger partial charge in [0.25, 0.3) is 5.91 Å². The lowest BCUT2D eigenvalue weighted by molar-refractivity contribution is 0.0948. The first-order chi connectivity index (χ1) is 9.79. The zero-order valence-electron chi connectivity index (χ0n) is 11.7. The summed E-state index contributed by atoms with van der Waals surface area (Å²) in [6, 6.07) is 3.51. The van der Waals surface area contributed by atoms with Crippen LogP contribution in [0, 0.1) is 11.8 Å². The quantitative estimate of drug-likeness (QED) is 0.593. The van der Waals surface area contributed by atoms with Crippen LogP contribution in [0.25, 0.3) is 0 Å². The molecular formula is C15H20N2O2S. The Morgan fingerprint density at radius 2 is 2.35 bits per heavy atom. The van der Waals surface area contributed by atoms with Crippen LogP contribution in [0.4, 0.5) is 0 Å². The van der Waals surface area contributed by atoms with E-state index < -0.39 is 0 Å². The summed E-state index contributed by atoms with van der Waals surface area (Å²) in [6.45, 7) is 0.670. The highest BCUT2D eigenvalue weighted by Crippen LogP contribution is 2.04. The van der Waals surface area contributed by atoms with Crippen LogP contribution in [0.5, 0.6) is 0 Å². The van der Waals surface area contributed by atoms with Gasteiger partial charge in [0.1, 0.15) is 5.69 Å². The van der Waals surface area contributed by atoms with E-state index in [0.717, 1.165) is 18.6 Å². The van der Waals surface area contributed by atoms with Crippen LogP contribution in [0.15, 0.2) is 18.3 Å². The van der Waals surface area contributed by atoms with Gasteiger partial charge in [0.05, 0.1) is 12.2 Å². The Balaban J connectivity index is 2.57. The highest BCUT2D eigenvalue weighted by atomic mass is 32.2. The molecule has 2 N–H and O–H groups in total. The van der Waals surface area contributed by atoms with Gasteiger partial charge in [-0.15, -0.1) is 0 Å². The normalized spacial score (nSPS) is 9.70. The summed E-state index contributed by atoms with van der Waals surface area (Å²) in [4.78, 5) is 16.1. The van der Waals surface area contributed by atoms with Crippen molar-refractivity contribution in [1.82, 2.24) is 10.3 Å². The van der Waals surface area contributed by atoms with Gasteiger partial charge < -0.3 is 10.4 Å². The maximum absolute atomic E-state index is 12.0. The number of aromatic nitrogens is 1. The smallest absolute Gasteiger partial charge is 0.271 e. The number of pyridine rings is 1. The average molecular weight is 292 g/mol. The molecule has 0 saturated carbocycles. The van der Waals surface area contributed by atoms with Crippen LogP contribution < -0.4 is 5.32 Å². The Morgan fingerprint density at radius 1 is 1.50 bits per heavy atom. The third-order valence-corrected chi connectivity index (χ3v) is 3.24. The Bertz CT molecular complexity index is 480. The van der Waals surface area contributed by atoms with E-state index in [1.165, 1.54) is 0 Å². The summed E-state index contributed by atoms with van der Waals surface area (Å²) in [5.74, 6) is 6.59. The molecule has 1 aromatic rings. The fourth-order valence-corrected chi connectivity index (χ4v) is 2.05. The first kappa shape index (κ1) is 16.5. The van der Waals surface area contributed by atoms with E-state index in [0.29, 0.717) is 24.2 Å². The first-order valence-electron chi connectivity index (χ1n) is 6.61. The molecule has 0 aliphatic rings. The summed E-state index contributed by atoms with van der Waals surface area (Å²) in [5.41, 5.74) is 0.949. The molecule has 1 heterocycles. The number of hydrogen-bond donors (Lipinski definition) is 2. The SMILES string of the molecule is CSCCCCNC(=O)c1ncccc1C#CCCO. The van der Waals surface area contributed by atoms with E-state index in [9.17, 15) is 4.79 Å². The van der Waals surface area contributed by atoms with E-state index in [2.05, 4.69) is 28.4 Å². The second kappa shape index (κ2) is 10.3. The van der Waals surface area contributed by atoms with Crippen molar-refractivity contribution in [2.75, 3.05) is 25.2 Å². The van der Waals surface area contributed by atoms with E-state index in [-0.39, 0.29) is 12.5 Å². The standard InChI is InChI=1S/C15H20N2O2S/c1-20-12-5-3-9-17-15(19)14-13(7-2-4-11-18)8-6-10-16-14/h6,8,10,18H,3-5,9,11-12H2,1H3,(H,17,19). The Morgan fingerprint density at radius 3 is 3.10 bits per heavy atom. The van der Waals surface area contributed by atoms with Crippen LogP contribution in [0.2, 0.25) is 0 Å². The van der Waals surface area contributed by atoms with Crippen LogP contribution in [-0.4, -0.2) is 41.2 Å². The molecule has 0 aromatic carbocycles. The highest BCUT2D eigenvalue weighted by molar-refractivity contribution is 7.98. The van der Waals surface area contributed by atoms with Gasteiger partial charge in [-0.25, -0.2) is 4.98 Å². The molecule has 1 aromatic heterocycles. The third-order valence-electron chi connectivity index (χ3n) is 2.54. The van der Waals surface area contributed by atoms with Crippen LogP contribution >= 0.6 is 11.8 Å². The van der Waals surface area contributed by atoms with Crippen LogP contribution in [0.1, 0.15) is 35.3 Å². The first-order valence-corrected chi connectivity index (χ1v) is 8.01. The molecule has 108 valence electrons. The molecule has 0 unspecified atom stereocenters. The van der Waals surface area contributed by atoms with Crippen molar-refractivity contribution in [3.05, 3.63) is 29.6 Å². The van der Waals surface area contributed by atoms with Crippen molar-refractivity contribution >= 4 is 17.7 Å². The molecule has 0 bridgehead atoms. The second-order valence-corrected chi connectivity index (χ2v) is 5.12. The van der Waals surface area contributed by atoms with E-state index in [1.807, 2.05) is 0 Å². The van der Waals surface area contributed by atoms with Gasteiger partial charge in [0.15, 0.2) is 0 Å². The number of aliphatic hydroxyl groups excluding tert-OH is 1. The third kappa shape index (κ3) is 6.09. The number of nitrogens with one attached hydrogen (secondary N) is 1. The molecule has 4 nitrogen and oxygen atoms in total. The average Bonchev–Trinajstić information content (AvgIpc) is 2.47. The maximum Gasteiger partial charge on any atom is 0.271 e. The lowest BCUT2D eigenvalue weighted by Crippen LogP contribution is -2.26. The summed E-state index contributed by atoms with van der Waals surface area (Å²) in [6.07, 6.45) is 6.10. The monoisotopic (exact) mass is 292 g/mol. The molecular weight excluding hydrogens is 272 g/mol. The number of aliphatic hydroxyl groups is 1. The zero-order valence-corrected chi connectivity index (χ0v) is 12.5. The molecule has 0 atom stereocenters. The molecule has 0 fully saturated rings. The van der Waals surface area contributed by atoms with Crippen molar-refractivity contribution in [3.63, 3.8) is 0 Å². The zero-order chi connectivity index (χ0) is 14.6. The molecule has 5 heteroatoms. The Kier molecular flexibility index (Phi) is 8.52. The lowest BCUT2D eigenvalue weighted by atomic mass is 10.2. The van der Waals surface area contributed by atoms with Crippen LogP contribution in [0.3, 0.4) is 0 Å². The number of thioether (sulfide) groups is 1. The van der Waals surface area contributed by atoms with Crippen molar-refractivity contribution < 1.29 is 9.90 Å². The minimum absolute atomic E-state index is 0.0181. The van der Waals surface area contributed by atoms with Gasteiger partial charge in [-0.1, -0.05) is 11.8 Å². The maximum atomic E-state index is 12.0. The fourth-order valence-electron chi connectivity index (χ4n) is 1.56. The van der Waals surface area contributed by atoms with E-state index in [4.69, 9.17) is 5.11 Å². The highest BCUT2D eigenvalue weighted by Gasteiger charge is 2.10. The summed E-state index contributed by atoms with van der Waals surface area (Å²) in [7, 11) is 0. The minimum atomic E-state index is -0.192. The molecule has 0 saturated heterocycles. The summed E-state index contributed by atoms with van der Waals surface area (Å²) >= 11 is 1.81. The van der Waals surface area contributed by atoms with Crippen molar-refractivity contribution in [2.24, 2.45) is 0 Å². The molecule has 0 spiro atoms. The van der Waals surface area contributed by atoms with Gasteiger partial charge in [-0.05, 0) is 37.0 Å². The largest absolute Gasteiger partial charge is 0.395 e. The number of nitrogens with zero attached hydrogens (tertiary/aromatic N) is 1. The molecule has 0 aliphatic carbocycles. The number of hydrogen-bond acceptors (Lipinski definition) is 4. The Labute approximate surface area is 124 Å². The molecule has 0 radical (unpaired) electrons. The second-order valence-electron chi connectivity index (χ2n) is 4.13. The lowest BCUT2D eigenvalue weighted by Gasteiger charge is -2.05. The number of rotatable bonds is 7. The minimum Gasteiger partial charge on any atom is -0.395 e. The number of carbonyl (C=O) groups excluding carboxylic acids is 1. The van der Waals surface area contributed by atoms with E-state index in [1.54, 1.807) is 30.1 Å². The predicted octanol–water partition coefficient (Wildman–Crippen LogP) is 1.69. The topological polar surface area (TPSA) is 62.2 Å². The van der Waals surface area contributed by atoms with Gasteiger partial charge in [0, 0.05) is 19.2 Å². The predicted molar refractivity (Wildman–Crippen MR) is 82.8 cm³/mol. The molecule has 1 amide bonds. The van der Waals surface area contributed by atoms with Gasteiger partial charge in [0.2, 0.25) is 0 Å². The molecule has 0 aliphatic heterocycles. The number of carbonyl (C=O) groups is 1. The Hall–Kier alpha value is -1.51. The van der Waals surface area contributed by atoms with Gasteiger partial charge >= 0.3 is 0 Å². The number of unbranched alkanes of at least 4 members (excludes halogenated alkanes) is 1.